The summed E-state index contributed by atoms with van der Waals surface area (Å²) < 4.78 is 192. The van der Waals surface area contributed by atoms with Crippen LogP contribution in [0, 0.1) is 0 Å². The Morgan fingerprint density at radius 2 is 1.03 bits per heavy atom. The van der Waals surface area contributed by atoms with Crippen LogP contribution in [-0.4, -0.2) is 50.0 Å². The number of anilines is 1. The lowest BCUT2D eigenvalue weighted by molar-refractivity contribution is -0.439. The Morgan fingerprint density at radius 1 is 0.645 bits per heavy atom. The zero-order valence-electron chi connectivity index (χ0n) is 14.4. The molecule has 0 atom stereocenters. The molecule has 1 aromatic carbocycles. The van der Waals surface area contributed by atoms with Crippen molar-refractivity contribution in [3.8, 4) is 0 Å². The SMILES string of the molecule is Nc1ccc(S(=O)(=O)CCC(F)(F)C(F)(F)C(F)(F)C(F)(F)C(F)(F)C(F)(F)F)cc1. The van der Waals surface area contributed by atoms with Crippen molar-refractivity contribution < 1.29 is 65.5 Å². The second-order valence-electron chi connectivity index (χ2n) is 6.14. The van der Waals surface area contributed by atoms with Crippen molar-refractivity contribution in [2.75, 3.05) is 11.5 Å². The monoisotopic (exact) mass is 503 g/mol. The van der Waals surface area contributed by atoms with Crippen LogP contribution < -0.4 is 5.73 Å². The molecular formula is C14H10F13NO2S. The highest BCUT2D eigenvalue weighted by Crippen LogP contribution is 2.60. The average molecular weight is 503 g/mol. The van der Waals surface area contributed by atoms with Crippen molar-refractivity contribution in [1.29, 1.82) is 0 Å². The zero-order valence-corrected chi connectivity index (χ0v) is 15.3. The van der Waals surface area contributed by atoms with E-state index >= 15 is 0 Å². The maximum absolute atomic E-state index is 13.6. The summed E-state index contributed by atoms with van der Waals surface area (Å²) in [5, 5.41) is 0. The van der Waals surface area contributed by atoms with E-state index in [0.717, 1.165) is 12.1 Å². The molecule has 0 aliphatic rings. The fourth-order valence-corrected chi connectivity index (χ4v) is 3.33. The summed E-state index contributed by atoms with van der Waals surface area (Å²) in [5.74, 6) is -39.9. The summed E-state index contributed by atoms with van der Waals surface area (Å²) in [6, 6.07) is 3.20. The molecule has 0 radical (unpaired) electrons. The first kappa shape index (κ1) is 27.1. The number of rotatable bonds is 8. The lowest BCUT2D eigenvalue weighted by atomic mass is 9.93. The Hall–Kier alpha value is -1.94. The quantitative estimate of drug-likeness (QED) is 0.394. The van der Waals surface area contributed by atoms with Gasteiger partial charge in [-0.2, -0.15) is 57.1 Å². The summed E-state index contributed by atoms with van der Waals surface area (Å²) in [6.07, 6.45) is -10.3. The predicted molar refractivity (Wildman–Crippen MR) is 78.3 cm³/mol. The van der Waals surface area contributed by atoms with Crippen LogP contribution in [0.1, 0.15) is 6.42 Å². The minimum absolute atomic E-state index is 0.0386. The molecular weight excluding hydrogens is 493 g/mol. The number of nitrogen functional groups attached to an aromatic ring is 1. The average Bonchev–Trinajstić information content (AvgIpc) is 2.59. The van der Waals surface area contributed by atoms with Crippen LogP contribution in [0.4, 0.5) is 62.8 Å². The summed E-state index contributed by atoms with van der Waals surface area (Å²) >= 11 is 0. The van der Waals surface area contributed by atoms with Gasteiger partial charge >= 0.3 is 35.8 Å². The molecule has 180 valence electrons. The molecule has 0 aliphatic carbocycles. The summed E-state index contributed by atoms with van der Waals surface area (Å²) in [6.45, 7) is 0. The number of alkyl halides is 13. The van der Waals surface area contributed by atoms with E-state index < -0.39 is 62.7 Å². The smallest absolute Gasteiger partial charge is 0.399 e. The zero-order chi connectivity index (χ0) is 24.9. The van der Waals surface area contributed by atoms with Crippen molar-refractivity contribution in [3.63, 3.8) is 0 Å². The molecule has 3 nitrogen and oxygen atoms in total. The highest BCUT2D eigenvalue weighted by molar-refractivity contribution is 7.91. The minimum atomic E-state index is -8.03. The summed E-state index contributed by atoms with van der Waals surface area (Å²) in [4.78, 5) is -0.832. The fraction of sp³-hybridized carbons (Fsp3) is 0.571. The molecule has 0 bridgehead atoms. The standard InChI is InChI=1S/C14H10F13NO2S/c15-9(16,5-6-31(29,30)8-3-1-7(28)2-4-8)10(17,18)11(19,20)12(21,22)13(23,24)14(25,26)27/h1-4H,5-6,28H2. The normalized spacial score (nSPS) is 15.3. The van der Waals surface area contributed by atoms with Crippen LogP contribution in [0.2, 0.25) is 0 Å². The first-order chi connectivity index (χ1) is 13.5. The first-order valence-electron chi connectivity index (χ1n) is 7.50. The Morgan fingerprint density at radius 3 is 1.42 bits per heavy atom. The number of benzene rings is 1. The Kier molecular flexibility index (Phi) is 6.63. The van der Waals surface area contributed by atoms with Gasteiger partial charge in [-0.1, -0.05) is 0 Å². The number of nitrogens with two attached hydrogens (primary N) is 1. The van der Waals surface area contributed by atoms with Gasteiger partial charge in [-0.15, -0.1) is 0 Å². The Bertz CT molecular complexity index is 892. The van der Waals surface area contributed by atoms with E-state index in [1.807, 2.05) is 0 Å². The van der Waals surface area contributed by atoms with Gasteiger partial charge in [0, 0.05) is 12.1 Å². The molecule has 1 rings (SSSR count). The molecule has 0 saturated carbocycles. The van der Waals surface area contributed by atoms with Gasteiger partial charge in [0.1, 0.15) is 0 Å². The molecule has 2 N–H and O–H groups in total. The largest absolute Gasteiger partial charge is 0.460 e. The van der Waals surface area contributed by atoms with E-state index in [4.69, 9.17) is 5.73 Å². The lowest BCUT2D eigenvalue weighted by Gasteiger charge is -2.39. The van der Waals surface area contributed by atoms with Gasteiger partial charge < -0.3 is 5.73 Å². The van der Waals surface area contributed by atoms with Crippen molar-refractivity contribution >= 4 is 15.5 Å². The topological polar surface area (TPSA) is 60.2 Å². The molecule has 31 heavy (non-hydrogen) atoms. The molecule has 0 aliphatic heterocycles. The van der Waals surface area contributed by atoms with Crippen molar-refractivity contribution in [2.45, 2.75) is 47.1 Å². The van der Waals surface area contributed by atoms with Crippen LogP contribution in [0.15, 0.2) is 29.2 Å². The second-order valence-corrected chi connectivity index (χ2v) is 8.25. The highest BCUT2D eigenvalue weighted by Gasteiger charge is 2.90. The van der Waals surface area contributed by atoms with Gasteiger partial charge in [0.25, 0.3) is 0 Å². The van der Waals surface area contributed by atoms with E-state index in [9.17, 15) is 65.5 Å². The van der Waals surface area contributed by atoms with E-state index in [0.29, 0.717) is 12.1 Å². The molecule has 0 spiro atoms. The van der Waals surface area contributed by atoms with Gasteiger partial charge in [0.05, 0.1) is 10.6 Å². The van der Waals surface area contributed by atoms with E-state index in [2.05, 4.69) is 0 Å². The Labute approximate surface area is 164 Å². The third kappa shape index (κ3) is 4.37. The molecule has 0 heterocycles. The van der Waals surface area contributed by atoms with Crippen molar-refractivity contribution in [3.05, 3.63) is 24.3 Å². The predicted octanol–water partition coefficient (Wildman–Crippen LogP) is 5.17. The van der Waals surface area contributed by atoms with Gasteiger partial charge in [-0.25, -0.2) is 8.42 Å². The number of hydrogen-bond acceptors (Lipinski definition) is 3. The molecule has 0 fully saturated rings. The molecule has 17 heteroatoms. The van der Waals surface area contributed by atoms with Crippen LogP contribution in [0.5, 0.6) is 0 Å². The van der Waals surface area contributed by atoms with Crippen LogP contribution in [-0.2, 0) is 9.84 Å². The third-order valence-electron chi connectivity index (χ3n) is 3.92. The third-order valence-corrected chi connectivity index (χ3v) is 5.65. The number of sulfone groups is 1. The molecule has 0 aromatic heterocycles. The second kappa shape index (κ2) is 7.58. The summed E-state index contributed by atoms with van der Waals surface area (Å²) in [5.41, 5.74) is 5.18. The maximum atomic E-state index is 13.6. The van der Waals surface area contributed by atoms with E-state index in [-0.39, 0.29) is 5.69 Å². The van der Waals surface area contributed by atoms with E-state index in [1.165, 1.54) is 0 Å². The maximum Gasteiger partial charge on any atom is 0.460 e. The van der Waals surface area contributed by atoms with Gasteiger partial charge in [-0.3, -0.25) is 0 Å². The van der Waals surface area contributed by atoms with Gasteiger partial charge in [0.15, 0.2) is 9.84 Å². The van der Waals surface area contributed by atoms with Crippen LogP contribution in [0.25, 0.3) is 0 Å². The van der Waals surface area contributed by atoms with Crippen molar-refractivity contribution in [2.24, 2.45) is 0 Å². The Balaban J connectivity index is 3.29. The van der Waals surface area contributed by atoms with Crippen LogP contribution in [0.3, 0.4) is 0 Å². The summed E-state index contributed by atoms with van der Waals surface area (Å²) in [7, 11) is -4.93. The van der Waals surface area contributed by atoms with E-state index in [1.54, 1.807) is 0 Å². The van der Waals surface area contributed by atoms with Crippen molar-refractivity contribution in [1.82, 2.24) is 0 Å². The van der Waals surface area contributed by atoms with Crippen LogP contribution >= 0.6 is 0 Å². The molecule has 0 saturated heterocycles. The molecule has 0 amide bonds. The molecule has 0 unspecified atom stereocenters. The fourth-order valence-electron chi connectivity index (χ4n) is 2.01. The minimum Gasteiger partial charge on any atom is -0.399 e. The van der Waals surface area contributed by atoms with Gasteiger partial charge in [0.2, 0.25) is 0 Å². The van der Waals surface area contributed by atoms with Gasteiger partial charge in [-0.05, 0) is 24.3 Å². The number of hydrogen-bond donors (Lipinski definition) is 1. The first-order valence-corrected chi connectivity index (χ1v) is 9.15. The molecule has 1 aromatic rings. The highest BCUT2D eigenvalue weighted by atomic mass is 32.2. The lowest BCUT2D eigenvalue weighted by Crippen LogP contribution is -2.70. The number of halogens is 13.